The van der Waals surface area contributed by atoms with Crippen molar-refractivity contribution in [3.8, 4) is 0 Å². The first-order valence-electron chi connectivity index (χ1n) is 8.18. The second-order valence-electron chi connectivity index (χ2n) is 5.48. The summed E-state index contributed by atoms with van der Waals surface area (Å²) in [5, 5.41) is 13.1. The van der Waals surface area contributed by atoms with Crippen molar-refractivity contribution in [2.45, 2.75) is 21.4 Å². The van der Waals surface area contributed by atoms with Crippen LogP contribution in [0.3, 0.4) is 0 Å². The van der Waals surface area contributed by atoms with Crippen molar-refractivity contribution < 1.29 is 4.79 Å². The van der Waals surface area contributed by atoms with Gasteiger partial charge in [0.15, 0.2) is 8.68 Å². The highest BCUT2D eigenvalue weighted by Crippen LogP contribution is 2.32. The zero-order valence-corrected chi connectivity index (χ0v) is 18.0. The van der Waals surface area contributed by atoms with Gasteiger partial charge in [0.25, 0.3) is 5.91 Å². The number of pyridine rings is 1. The van der Waals surface area contributed by atoms with Crippen LogP contribution < -0.4 is 5.43 Å². The van der Waals surface area contributed by atoms with E-state index in [9.17, 15) is 4.79 Å². The normalized spacial score (nSPS) is 11.4. The number of aromatic nitrogens is 3. The summed E-state index contributed by atoms with van der Waals surface area (Å²) in [5.74, 6) is 0.740. The van der Waals surface area contributed by atoms with E-state index < -0.39 is 0 Å². The summed E-state index contributed by atoms with van der Waals surface area (Å²) in [5.41, 5.74) is 5.16. The van der Waals surface area contributed by atoms with E-state index in [1.807, 2.05) is 43.3 Å². The lowest BCUT2D eigenvalue weighted by Crippen LogP contribution is -2.21. The number of carbonyl (C=O) groups excluding carboxylic acids is 1. The fourth-order valence-corrected chi connectivity index (χ4v) is 5.11. The Morgan fingerprint density at radius 3 is 2.71 bits per heavy atom. The summed E-state index contributed by atoms with van der Waals surface area (Å²) < 4.78 is 1.58. The summed E-state index contributed by atoms with van der Waals surface area (Å²) in [4.78, 5) is 16.0. The Morgan fingerprint density at radius 1 is 1.18 bits per heavy atom. The first-order chi connectivity index (χ1) is 13.6. The van der Waals surface area contributed by atoms with Crippen LogP contribution in [0.25, 0.3) is 0 Å². The summed E-state index contributed by atoms with van der Waals surface area (Å²) in [6.45, 7) is 1.82. The molecule has 0 saturated carbocycles. The van der Waals surface area contributed by atoms with Crippen molar-refractivity contribution in [3.05, 3.63) is 64.9 Å². The van der Waals surface area contributed by atoms with Gasteiger partial charge in [0, 0.05) is 28.7 Å². The van der Waals surface area contributed by atoms with Gasteiger partial charge >= 0.3 is 0 Å². The summed E-state index contributed by atoms with van der Waals surface area (Å²) in [6, 6.07) is 11.4. The average molecular weight is 450 g/mol. The molecule has 0 unspecified atom stereocenters. The summed E-state index contributed by atoms with van der Waals surface area (Å²) >= 11 is 10.5. The molecule has 0 saturated heterocycles. The quantitative estimate of drug-likeness (QED) is 0.309. The number of amides is 1. The zero-order valence-electron chi connectivity index (χ0n) is 14.8. The van der Waals surface area contributed by atoms with Crippen LogP contribution in [0, 0.1) is 0 Å². The highest BCUT2D eigenvalue weighted by atomic mass is 35.5. The lowest BCUT2D eigenvalue weighted by Gasteiger charge is -2.01. The third-order valence-electron chi connectivity index (χ3n) is 3.45. The molecule has 144 valence electrons. The van der Waals surface area contributed by atoms with Gasteiger partial charge < -0.3 is 0 Å². The van der Waals surface area contributed by atoms with E-state index in [1.165, 1.54) is 23.1 Å². The van der Waals surface area contributed by atoms with Crippen molar-refractivity contribution >= 4 is 58.1 Å². The topological polar surface area (TPSA) is 80.1 Å². The van der Waals surface area contributed by atoms with Crippen molar-refractivity contribution in [1.82, 2.24) is 20.6 Å². The lowest BCUT2D eigenvalue weighted by molar-refractivity contribution is -0.118. The number of benzene rings is 1. The zero-order chi connectivity index (χ0) is 19.8. The first kappa shape index (κ1) is 20.8. The minimum Gasteiger partial charge on any atom is -0.272 e. The standard InChI is InChI=1S/C18H16ClN5OS3/c1-12(13-6-4-8-20-9-13)21-22-16(25)11-27-18-24-23-17(28-18)26-10-14-5-2-3-7-15(14)19/h2-9H,10-11H2,1H3,(H,22,25)/b21-12-. The fraction of sp³-hybridized carbons (Fsp3) is 0.167. The molecule has 0 fully saturated rings. The monoisotopic (exact) mass is 449 g/mol. The second-order valence-corrected chi connectivity index (χ2v) is 9.31. The van der Waals surface area contributed by atoms with E-state index in [0.29, 0.717) is 5.71 Å². The van der Waals surface area contributed by atoms with Gasteiger partial charge in [-0.15, -0.1) is 10.2 Å². The van der Waals surface area contributed by atoms with Gasteiger partial charge in [0.05, 0.1) is 11.5 Å². The van der Waals surface area contributed by atoms with Crippen LogP contribution in [0.15, 0.2) is 62.6 Å². The van der Waals surface area contributed by atoms with E-state index in [0.717, 1.165) is 30.6 Å². The molecule has 28 heavy (non-hydrogen) atoms. The molecule has 1 amide bonds. The van der Waals surface area contributed by atoms with Gasteiger partial charge in [-0.1, -0.05) is 70.7 Å². The molecule has 3 rings (SSSR count). The molecule has 0 spiro atoms. The smallest absolute Gasteiger partial charge is 0.250 e. The molecule has 0 aliphatic heterocycles. The predicted octanol–water partition coefficient (Wildman–Crippen LogP) is 4.51. The molecular weight excluding hydrogens is 434 g/mol. The van der Waals surface area contributed by atoms with Crippen LogP contribution in [0.4, 0.5) is 0 Å². The van der Waals surface area contributed by atoms with Crippen LogP contribution in [-0.2, 0) is 10.5 Å². The van der Waals surface area contributed by atoms with Crippen LogP contribution in [0.1, 0.15) is 18.1 Å². The van der Waals surface area contributed by atoms with E-state index in [-0.39, 0.29) is 11.7 Å². The molecule has 6 nitrogen and oxygen atoms in total. The molecule has 0 aliphatic carbocycles. The van der Waals surface area contributed by atoms with Gasteiger partial charge in [-0.05, 0) is 24.6 Å². The Hall–Kier alpha value is -1.94. The van der Waals surface area contributed by atoms with Crippen LogP contribution in [0.5, 0.6) is 0 Å². The molecule has 0 atom stereocenters. The molecular formula is C18H16ClN5OS3. The largest absolute Gasteiger partial charge is 0.272 e. The van der Waals surface area contributed by atoms with E-state index in [1.54, 1.807) is 24.2 Å². The fourth-order valence-electron chi connectivity index (χ4n) is 2.02. The third kappa shape index (κ3) is 6.30. The molecule has 0 aliphatic rings. The maximum Gasteiger partial charge on any atom is 0.250 e. The van der Waals surface area contributed by atoms with E-state index in [2.05, 4.69) is 25.7 Å². The number of halogens is 1. The average Bonchev–Trinajstić information content (AvgIpc) is 3.18. The van der Waals surface area contributed by atoms with Gasteiger partial charge in [-0.2, -0.15) is 5.10 Å². The van der Waals surface area contributed by atoms with Crippen LogP contribution >= 0.6 is 46.5 Å². The van der Waals surface area contributed by atoms with E-state index >= 15 is 0 Å². The maximum absolute atomic E-state index is 12.0. The van der Waals surface area contributed by atoms with Crippen molar-refractivity contribution in [2.75, 3.05) is 5.75 Å². The third-order valence-corrected chi connectivity index (χ3v) is 7.06. The number of rotatable bonds is 8. The SMILES string of the molecule is C/C(=N/NC(=O)CSc1nnc(SCc2ccccc2Cl)s1)c1cccnc1. The van der Waals surface area contributed by atoms with Gasteiger partial charge in [-0.3, -0.25) is 9.78 Å². The van der Waals surface area contributed by atoms with Crippen LogP contribution in [0.2, 0.25) is 5.02 Å². The molecule has 1 aromatic carbocycles. The van der Waals surface area contributed by atoms with Gasteiger partial charge in [0.1, 0.15) is 0 Å². The first-order valence-corrected chi connectivity index (χ1v) is 11.3. The lowest BCUT2D eigenvalue weighted by atomic mass is 10.2. The summed E-state index contributed by atoms with van der Waals surface area (Å²) in [7, 11) is 0. The Morgan fingerprint density at radius 2 is 1.96 bits per heavy atom. The maximum atomic E-state index is 12.0. The highest BCUT2D eigenvalue weighted by molar-refractivity contribution is 8.03. The van der Waals surface area contributed by atoms with Gasteiger partial charge in [0.2, 0.25) is 0 Å². The minimum atomic E-state index is -0.200. The number of hydrazone groups is 1. The van der Waals surface area contributed by atoms with Crippen LogP contribution in [-0.4, -0.2) is 32.6 Å². The Kier molecular flexibility index (Phi) is 7.84. The van der Waals surface area contributed by atoms with Crippen molar-refractivity contribution in [3.63, 3.8) is 0 Å². The molecule has 2 aromatic heterocycles. The number of nitrogens with zero attached hydrogens (tertiary/aromatic N) is 4. The number of hydrogen-bond donors (Lipinski definition) is 1. The molecule has 2 heterocycles. The number of thioether (sulfide) groups is 2. The number of carbonyl (C=O) groups is 1. The molecule has 1 N–H and O–H groups in total. The second kappa shape index (κ2) is 10.6. The Balaban J connectivity index is 1.45. The van der Waals surface area contributed by atoms with Crippen molar-refractivity contribution in [2.24, 2.45) is 5.10 Å². The minimum absolute atomic E-state index is 0.200. The Labute approximate surface area is 180 Å². The number of nitrogens with one attached hydrogen (secondary N) is 1. The van der Waals surface area contributed by atoms with Gasteiger partial charge in [-0.25, -0.2) is 5.43 Å². The number of hydrogen-bond acceptors (Lipinski definition) is 8. The summed E-state index contributed by atoms with van der Waals surface area (Å²) in [6.07, 6.45) is 3.39. The molecule has 0 bridgehead atoms. The predicted molar refractivity (Wildman–Crippen MR) is 116 cm³/mol. The Bertz CT molecular complexity index is 965. The van der Waals surface area contributed by atoms with E-state index in [4.69, 9.17) is 11.6 Å². The highest BCUT2D eigenvalue weighted by Gasteiger charge is 2.09. The molecule has 0 radical (unpaired) electrons. The molecule has 10 heteroatoms. The van der Waals surface area contributed by atoms with Crippen molar-refractivity contribution in [1.29, 1.82) is 0 Å². The molecule has 3 aromatic rings.